The first-order chi connectivity index (χ1) is 10.9. The van der Waals surface area contributed by atoms with Crippen molar-refractivity contribution in [2.75, 3.05) is 18.9 Å². The van der Waals surface area contributed by atoms with E-state index in [9.17, 15) is 14.4 Å². The van der Waals surface area contributed by atoms with Gasteiger partial charge in [0.1, 0.15) is 0 Å². The molecule has 5 nitrogen and oxygen atoms in total. The molecule has 1 aromatic carbocycles. The number of carbonyl (C=O) groups is 3. The van der Waals surface area contributed by atoms with Crippen LogP contribution in [-0.4, -0.2) is 46.3 Å². The molecule has 3 rings (SSSR count). The summed E-state index contributed by atoms with van der Waals surface area (Å²) in [5, 5.41) is 0. The summed E-state index contributed by atoms with van der Waals surface area (Å²) < 4.78 is 5.26. The molecule has 0 aliphatic carbocycles. The van der Waals surface area contributed by atoms with Crippen molar-refractivity contribution >= 4 is 29.4 Å². The van der Waals surface area contributed by atoms with Crippen LogP contribution in [0.25, 0.3) is 0 Å². The van der Waals surface area contributed by atoms with Gasteiger partial charge in [0.15, 0.2) is 17.3 Å². The van der Waals surface area contributed by atoms with Crippen molar-refractivity contribution in [1.29, 1.82) is 0 Å². The molecule has 2 aliphatic heterocycles. The molecule has 0 unspecified atom stereocenters. The maximum absolute atomic E-state index is 12.5. The smallest absolute Gasteiger partial charge is 0.343 e. The highest BCUT2D eigenvalue weighted by atomic mass is 32.2. The molecule has 0 bridgehead atoms. The second-order valence-electron chi connectivity index (χ2n) is 5.98. The number of ether oxygens (including phenoxy) is 1. The number of ketones is 1. The van der Waals surface area contributed by atoms with Gasteiger partial charge in [-0.1, -0.05) is 12.1 Å². The van der Waals surface area contributed by atoms with Crippen molar-refractivity contribution in [3.05, 3.63) is 34.9 Å². The summed E-state index contributed by atoms with van der Waals surface area (Å²) >= 11 is 1.44. The fourth-order valence-corrected chi connectivity index (χ4v) is 4.41. The third-order valence-electron chi connectivity index (χ3n) is 4.55. The fraction of sp³-hybridized carbons (Fsp3) is 0.471. The Hall–Kier alpha value is -1.82. The topological polar surface area (TPSA) is 63.7 Å². The standard InChI is InChI=1S/C17H19NO4S/c1-11-3-4-13(9-12(11)2)14(19)10-22-16(21)17-6-5-15(20)18(17)7-8-23-17/h3-4,9H,5-8,10H2,1-2H3/t17-/m1/s1. The van der Waals surface area contributed by atoms with E-state index in [1.165, 1.54) is 11.8 Å². The quantitative estimate of drug-likeness (QED) is 0.624. The number of Topliss-reactive ketones (excluding diaryl/α,β-unsaturated/α-hetero) is 1. The minimum Gasteiger partial charge on any atom is -0.455 e. The molecule has 1 amide bonds. The van der Waals surface area contributed by atoms with E-state index in [0.29, 0.717) is 24.9 Å². The van der Waals surface area contributed by atoms with Crippen molar-refractivity contribution in [2.45, 2.75) is 31.6 Å². The maximum Gasteiger partial charge on any atom is 0.343 e. The Bertz CT molecular complexity index is 687. The molecule has 122 valence electrons. The largest absolute Gasteiger partial charge is 0.455 e. The summed E-state index contributed by atoms with van der Waals surface area (Å²) in [6, 6.07) is 5.43. The number of aryl methyl sites for hydroxylation is 2. The monoisotopic (exact) mass is 333 g/mol. The minimum absolute atomic E-state index is 0.00700. The molecule has 0 saturated carbocycles. The molecule has 2 saturated heterocycles. The van der Waals surface area contributed by atoms with Gasteiger partial charge in [-0.25, -0.2) is 4.79 Å². The number of hydrogen-bond donors (Lipinski definition) is 0. The van der Waals surface area contributed by atoms with Gasteiger partial charge in [-0.3, -0.25) is 9.59 Å². The first-order valence-electron chi connectivity index (χ1n) is 7.66. The number of fused-ring (bicyclic) bond motifs is 1. The van der Waals surface area contributed by atoms with E-state index in [4.69, 9.17) is 4.74 Å². The number of amides is 1. The molecule has 0 aromatic heterocycles. The van der Waals surface area contributed by atoms with Crippen LogP contribution >= 0.6 is 11.8 Å². The minimum atomic E-state index is -0.902. The Labute approximate surface area is 139 Å². The highest BCUT2D eigenvalue weighted by Gasteiger charge is 2.56. The summed E-state index contributed by atoms with van der Waals surface area (Å²) in [5.74, 6) is 0.0264. The number of nitrogens with zero attached hydrogens (tertiary/aromatic N) is 1. The lowest BCUT2D eigenvalue weighted by atomic mass is 10.0. The molecule has 1 aromatic rings. The molecular formula is C17H19NO4S. The first kappa shape index (κ1) is 16.1. The highest BCUT2D eigenvalue weighted by molar-refractivity contribution is 8.01. The molecule has 1 atom stereocenters. The van der Waals surface area contributed by atoms with Gasteiger partial charge in [-0.2, -0.15) is 0 Å². The summed E-state index contributed by atoms with van der Waals surface area (Å²) in [6.07, 6.45) is 0.834. The number of hydrogen-bond acceptors (Lipinski definition) is 5. The van der Waals surface area contributed by atoms with Crippen molar-refractivity contribution in [3.63, 3.8) is 0 Å². The Morgan fingerprint density at radius 2 is 2.09 bits per heavy atom. The van der Waals surface area contributed by atoms with Gasteiger partial charge in [0, 0.05) is 24.3 Å². The number of carbonyl (C=O) groups excluding carboxylic acids is 3. The summed E-state index contributed by atoms with van der Waals surface area (Å²) in [5.41, 5.74) is 2.68. The lowest BCUT2D eigenvalue weighted by Crippen LogP contribution is -2.46. The molecule has 2 fully saturated rings. The Kier molecular flexibility index (Phi) is 4.19. The van der Waals surface area contributed by atoms with Crippen LogP contribution in [0.15, 0.2) is 18.2 Å². The second kappa shape index (κ2) is 6.00. The zero-order chi connectivity index (χ0) is 16.6. The Morgan fingerprint density at radius 1 is 1.30 bits per heavy atom. The molecular weight excluding hydrogens is 314 g/mol. The van der Waals surface area contributed by atoms with Gasteiger partial charge >= 0.3 is 5.97 Å². The van der Waals surface area contributed by atoms with Crippen LogP contribution in [0.1, 0.15) is 34.3 Å². The Morgan fingerprint density at radius 3 is 2.83 bits per heavy atom. The zero-order valence-corrected chi connectivity index (χ0v) is 14.1. The lowest BCUT2D eigenvalue weighted by Gasteiger charge is -2.28. The van der Waals surface area contributed by atoms with Crippen LogP contribution in [0, 0.1) is 13.8 Å². The highest BCUT2D eigenvalue weighted by Crippen LogP contribution is 2.45. The first-order valence-corrected chi connectivity index (χ1v) is 8.65. The number of thioether (sulfide) groups is 1. The second-order valence-corrected chi connectivity index (χ2v) is 7.35. The van der Waals surface area contributed by atoms with Gasteiger partial charge in [-0.05, 0) is 37.5 Å². The SMILES string of the molecule is Cc1ccc(C(=O)COC(=O)[C@]23CCC(=O)N2CCS3)cc1C. The van der Waals surface area contributed by atoms with E-state index in [-0.39, 0.29) is 18.3 Å². The van der Waals surface area contributed by atoms with Gasteiger partial charge in [-0.15, -0.1) is 11.8 Å². The van der Waals surface area contributed by atoms with Crippen molar-refractivity contribution in [3.8, 4) is 0 Å². The maximum atomic E-state index is 12.5. The van der Waals surface area contributed by atoms with Crippen molar-refractivity contribution in [2.24, 2.45) is 0 Å². The van der Waals surface area contributed by atoms with E-state index in [1.807, 2.05) is 19.9 Å². The molecule has 0 N–H and O–H groups in total. The number of benzene rings is 1. The summed E-state index contributed by atoms with van der Waals surface area (Å²) in [6.45, 7) is 4.20. The predicted octanol–water partition coefficient (Wildman–Crippen LogP) is 2.09. The fourth-order valence-electron chi connectivity index (χ4n) is 3.02. The normalized spacial score (nSPS) is 23.0. The molecule has 2 heterocycles. The average Bonchev–Trinajstić information content (AvgIpc) is 3.09. The number of esters is 1. The van der Waals surface area contributed by atoms with E-state index in [1.54, 1.807) is 17.0 Å². The third-order valence-corrected chi connectivity index (χ3v) is 6.01. The molecule has 6 heteroatoms. The average molecular weight is 333 g/mol. The molecule has 2 aliphatic rings. The number of rotatable bonds is 4. The van der Waals surface area contributed by atoms with E-state index >= 15 is 0 Å². The van der Waals surface area contributed by atoms with Gasteiger partial charge in [0.05, 0.1) is 0 Å². The van der Waals surface area contributed by atoms with Crippen LogP contribution in [0.2, 0.25) is 0 Å². The summed E-state index contributed by atoms with van der Waals surface area (Å²) in [7, 11) is 0. The van der Waals surface area contributed by atoms with E-state index in [2.05, 4.69) is 0 Å². The predicted molar refractivity (Wildman–Crippen MR) is 87.3 cm³/mol. The van der Waals surface area contributed by atoms with Gasteiger partial charge in [0.2, 0.25) is 5.91 Å². The van der Waals surface area contributed by atoms with Crippen LogP contribution in [0.4, 0.5) is 0 Å². The van der Waals surface area contributed by atoms with E-state index in [0.717, 1.165) is 16.9 Å². The van der Waals surface area contributed by atoms with Crippen molar-refractivity contribution in [1.82, 2.24) is 4.90 Å². The van der Waals surface area contributed by atoms with Crippen molar-refractivity contribution < 1.29 is 19.1 Å². The molecule has 0 radical (unpaired) electrons. The third kappa shape index (κ3) is 2.76. The van der Waals surface area contributed by atoms with Gasteiger partial charge < -0.3 is 9.64 Å². The van der Waals surface area contributed by atoms with Crippen LogP contribution in [-0.2, 0) is 14.3 Å². The summed E-state index contributed by atoms with van der Waals surface area (Å²) in [4.78, 5) is 37.2. The molecule has 0 spiro atoms. The van der Waals surface area contributed by atoms with Crippen LogP contribution in [0.3, 0.4) is 0 Å². The van der Waals surface area contributed by atoms with E-state index < -0.39 is 10.8 Å². The Balaban J connectivity index is 1.66. The lowest BCUT2D eigenvalue weighted by molar-refractivity contribution is -0.152. The molecule has 23 heavy (non-hydrogen) atoms. The van der Waals surface area contributed by atoms with Crippen LogP contribution in [0.5, 0.6) is 0 Å². The van der Waals surface area contributed by atoms with Crippen LogP contribution < -0.4 is 0 Å². The zero-order valence-electron chi connectivity index (χ0n) is 13.3. The van der Waals surface area contributed by atoms with Gasteiger partial charge in [0.25, 0.3) is 0 Å².